The molecule has 0 amide bonds. The van der Waals surface area contributed by atoms with Gasteiger partial charge in [-0.2, -0.15) is 0 Å². The highest BCUT2D eigenvalue weighted by Gasteiger charge is 2.13. The Hall–Kier alpha value is -2.23. The normalized spacial score (nSPS) is 10.4. The molecule has 0 radical (unpaired) electrons. The molecule has 0 bridgehead atoms. The van der Waals surface area contributed by atoms with Gasteiger partial charge in [-0.05, 0) is 19.1 Å². The molecule has 2 aromatic rings. The van der Waals surface area contributed by atoms with E-state index in [-0.39, 0.29) is 23.4 Å². The number of para-hydroxylation sites is 1. The van der Waals surface area contributed by atoms with Crippen LogP contribution in [0.2, 0.25) is 0 Å². The van der Waals surface area contributed by atoms with Gasteiger partial charge >= 0.3 is 0 Å². The summed E-state index contributed by atoms with van der Waals surface area (Å²) >= 11 is 0. The van der Waals surface area contributed by atoms with Gasteiger partial charge in [-0.15, -0.1) is 0 Å². The number of fused-ring (bicyclic) bond motifs is 1. The smallest absolute Gasteiger partial charge is 0.205 e. The van der Waals surface area contributed by atoms with Crippen LogP contribution in [0.5, 0.6) is 0 Å². The molecule has 4 heteroatoms. The van der Waals surface area contributed by atoms with Gasteiger partial charge in [0.05, 0.1) is 11.8 Å². The average molecular weight is 230 g/mol. The Labute approximate surface area is 96.9 Å². The van der Waals surface area contributed by atoms with Gasteiger partial charge in [0.15, 0.2) is 11.2 Å². The number of carbonyl (C=O) groups is 2. The van der Waals surface area contributed by atoms with Crippen molar-refractivity contribution in [3.63, 3.8) is 0 Å². The Morgan fingerprint density at radius 1 is 1.24 bits per heavy atom. The Morgan fingerprint density at radius 3 is 2.65 bits per heavy atom. The fraction of sp³-hybridized carbons (Fsp3) is 0.154. The second kappa shape index (κ2) is 4.33. The van der Waals surface area contributed by atoms with Gasteiger partial charge in [-0.1, -0.05) is 12.1 Å². The molecule has 1 aromatic carbocycles. The first-order valence-electron chi connectivity index (χ1n) is 5.13. The monoisotopic (exact) mass is 230 g/mol. The number of benzene rings is 1. The molecule has 1 aromatic heterocycles. The van der Waals surface area contributed by atoms with E-state index >= 15 is 0 Å². The molecule has 0 aliphatic heterocycles. The van der Waals surface area contributed by atoms with E-state index in [1.54, 1.807) is 24.3 Å². The van der Waals surface area contributed by atoms with Gasteiger partial charge < -0.3 is 4.42 Å². The van der Waals surface area contributed by atoms with E-state index in [2.05, 4.69) is 0 Å². The van der Waals surface area contributed by atoms with Crippen LogP contribution in [0.1, 0.15) is 23.9 Å². The second-order valence-corrected chi connectivity index (χ2v) is 3.77. The van der Waals surface area contributed by atoms with Crippen LogP contribution in [0, 0.1) is 0 Å². The van der Waals surface area contributed by atoms with Crippen LogP contribution in [-0.2, 0) is 4.79 Å². The van der Waals surface area contributed by atoms with Crippen molar-refractivity contribution in [2.45, 2.75) is 13.3 Å². The van der Waals surface area contributed by atoms with E-state index in [4.69, 9.17) is 4.42 Å². The SMILES string of the molecule is CC(=O)CC(=O)c1cc(=O)c2ccccc2o1. The summed E-state index contributed by atoms with van der Waals surface area (Å²) in [7, 11) is 0. The summed E-state index contributed by atoms with van der Waals surface area (Å²) in [6.45, 7) is 1.32. The first kappa shape index (κ1) is 11.3. The number of carbonyl (C=O) groups excluding carboxylic acids is 2. The van der Waals surface area contributed by atoms with Gasteiger partial charge in [0.1, 0.15) is 11.4 Å². The lowest BCUT2D eigenvalue weighted by molar-refractivity contribution is -0.116. The standard InChI is InChI=1S/C13H10O4/c1-8(14)6-11(16)13-7-10(15)9-4-2-3-5-12(9)17-13/h2-5,7H,6H2,1H3. The number of hydrogen-bond acceptors (Lipinski definition) is 4. The number of hydrogen-bond donors (Lipinski definition) is 0. The lowest BCUT2D eigenvalue weighted by atomic mass is 10.1. The molecule has 17 heavy (non-hydrogen) atoms. The van der Waals surface area contributed by atoms with E-state index in [1.165, 1.54) is 6.92 Å². The van der Waals surface area contributed by atoms with Crippen molar-refractivity contribution >= 4 is 22.5 Å². The molecule has 0 unspecified atom stereocenters. The lowest BCUT2D eigenvalue weighted by Gasteiger charge is -2.00. The summed E-state index contributed by atoms with van der Waals surface area (Å²) < 4.78 is 5.30. The Kier molecular flexibility index (Phi) is 2.87. The summed E-state index contributed by atoms with van der Waals surface area (Å²) in [4.78, 5) is 34.1. The maximum absolute atomic E-state index is 11.7. The van der Waals surface area contributed by atoms with Crippen molar-refractivity contribution in [2.24, 2.45) is 0 Å². The van der Waals surface area contributed by atoms with Gasteiger partial charge in [-0.3, -0.25) is 14.4 Å². The third-order valence-corrected chi connectivity index (χ3v) is 2.32. The first-order valence-corrected chi connectivity index (χ1v) is 5.13. The van der Waals surface area contributed by atoms with Crippen molar-refractivity contribution in [1.82, 2.24) is 0 Å². The third-order valence-electron chi connectivity index (χ3n) is 2.32. The molecule has 0 saturated carbocycles. The van der Waals surface area contributed by atoms with Gasteiger partial charge in [0, 0.05) is 6.07 Å². The fourth-order valence-electron chi connectivity index (χ4n) is 1.55. The maximum Gasteiger partial charge on any atom is 0.205 e. The van der Waals surface area contributed by atoms with E-state index in [0.29, 0.717) is 11.0 Å². The van der Waals surface area contributed by atoms with Crippen LogP contribution < -0.4 is 5.43 Å². The summed E-state index contributed by atoms with van der Waals surface area (Å²) in [6.07, 6.45) is -0.249. The van der Waals surface area contributed by atoms with Gasteiger partial charge in [-0.25, -0.2) is 0 Å². The van der Waals surface area contributed by atoms with E-state index in [0.717, 1.165) is 6.07 Å². The molecule has 0 aliphatic carbocycles. The van der Waals surface area contributed by atoms with Crippen molar-refractivity contribution < 1.29 is 14.0 Å². The van der Waals surface area contributed by atoms with Gasteiger partial charge in [0.25, 0.3) is 0 Å². The lowest BCUT2D eigenvalue weighted by Crippen LogP contribution is -2.09. The minimum Gasteiger partial charge on any atom is -0.453 e. The molecular formula is C13H10O4. The minimum atomic E-state index is -0.472. The molecular weight excluding hydrogens is 220 g/mol. The van der Waals surface area contributed by atoms with Crippen molar-refractivity contribution in [3.8, 4) is 0 Å². The Bertz CT molecular complexity index is 652. The van der Waals surface area contributed by atoms with E-state index in [9.17, 15) is 14.4 Å². The molecule has 0 spiro atoms. The van der Waals surface area contributed by atoms with Crippen LogP contribution in [0.15, 0.2) is 39.5 Å². The Morgan fingerprint density at radius 2 is 1.94 bits per heavy atom. The summed E-state index contributed by atoms with van der Waals surface area (Å²) in [5.41, 5.74) is 0.0747. The zero-order valence-electron chi connectivity index (χ0n) is 9.23. The highest BCUT2D eigenvalue weighted by atomic mass is 16.3. The molecule has 0 saturated heterocycles. The molecule has 1 heterocycles. The average Bonchev–Trinajstić information content (AvgIpc) is 2.28. The van der Waals surface area contributed by atoms with E-state index in [1.807, 2.05) is 0 Å². The summed E-state index contributed by atoms with van der Waals surface area (Å²) in [5.74, 6) is -0.796. The highest BCUT2D eigenvalue weighted by molar-refractivity contribution is 6.06. The Balaban J connectivity index is 2.54. The zero-order chi connectivity index (χ0) is 12.4. The van der Waals surface area contributed by atoms with E-state index < -0.39 is 5.78 Å². The number of rotatable bonds is 3. The zero-order valence-corrected chi connectivity index (χ0v) is 9.23. The number of Topliss-reactive ketones (excluding diaryl/α,β-unsaturated/α-hetero) is 2. The molecule has 2 rings (SSSR count). The van der Waals surface area contributed by atoms with Crippen molar-refractivity contribution in [1.29, 1.82) is 0 Å². The predicted molar refractivity (Wildman–Crippen MR) is 62.1 cm³/mol. The molecule has 86 valence electrons. The summed E-state index contributed by atoms with van der Waals surface area (Å²) in [5, 5.41) is 0.423. The molecule has 0 fully saturated rings. The molecule has 0 N–H and O–H groups in total. The molecule has 4 nitrogen and oxygen atoms in total. The largest absolute Gasteiger partial charge is 0.453 e. The highest BCUT2D eigenvalue weighted by Crippen LogP contribution is 2.12. The topological polar surface area (TPSA) is 64.3 Å². The van der Waals surface area contributed by atoms with Crippen LogP contribution >= 0.6 is 0 Å². The predicted octanol–water partition coefficient (Wildman–Crippen LogP) is 1.95. The van der Waals surface area contributed by atoms with Crippen LogP contribution in [-0.4, -0.2) is 11.6 Å². The van der Waals surface area contributed by atoms with Crippen LogP contribution in [0.4, 0.5) is 0 Å². The van der Waals surface area contributed by atoms with Crippen molar-refractivity contribution in [2.75, 3.05) is 0 Å². The quantitative estimate of drug-likeness (QED) is 0.597. The van der Waals surface area contributed by atoms with Crippen LogP contribution in [0.25, 0.3) is 11.0 Å². The van der Waals surface area contributed by atoms with Gasteiger partial charge in [0.2, 0.25) is 5.78 Å². The fourth-order valence-corrected chi connectivity index (χ4v) is 1.55. The second-order valence-electron chi connectivity index (χ2n) is 3.77. The van der Waals surface area contributed by atoms with Crippen LogP contribution in [0.3, 0.4) is 0 Å². The molecule has 0 atom stereocenters. The molecule has 0 aliphatic rings. The number of ketones is 2. The maximum atomic E-state index is 11.7. The third kappa shape index (κ3) is 2.30. The summed E-state index contributed by atoms with van der Waals surface area (Å²) in [6, 6.07) is 7.80. The minimum absolute atomic E-state index is 0.0658. The first-order chi connectivity index (χ1) is 8.08. The van der Waals surface area contributed by atoms with Crippen molar-refractivity contribution in [3.05, 3.63) is 46.3 Å².